The molecule has 1 aliphatic carbocycles. The average Bonchev–Trinajstić information content (AvgIpc) is 2.63. The first-order valence-corrected chi connectivity index (χ1v) is 8.28. The summed E-state index contributed by atoms with van der Waals surface area (Å²) in [4.78, 5) is 25.4. The van der Waals surface area contributed by atoms with Gasteiger partial charge < -0.3 is 9.64 Å². The van der Waals surface area contributed by atoms with Crippen LogP contribution >= 0.6 is 0 Å². The van der Waals surface area contributed by atoms with Crippen molar-refractivity contribution in [2.75, 3.05) is 26.1 Å². The molecule has 3 rings (SSSR count). The SMILES string of the molecule is COc1ccc2c(c1)CC/C(=C/c1ccc(N(C)C)c([N+](=O)[O-])c1)C2=O. The minimum absolute atomic E-state index is 0.0257. The second kappa shape index (κ2) is 7.00. The van der Waals surface area contributed by atoms with Gasteiger partial charge in [-0.1, -0.05) is 6.07 Å². The van der Waals surface area contributed by atoms with Crippen molar-refractivity contribution in [1.29, 1.82) is 0 Å². The number of fused-ring (bicyclic) bond motifs is 1. The summed E-state index contributed by atoms with van der Waals surface area (Å²) in [5.41, 5.74) is 3.52. The molecule has 0 fully saturated rings. The van der Waals surface area contributed by atoms with Crippen LogP contribution in [0.3, 0.4) is 0 Å². The minimum atomic E-state index is -0.401. The van der Waals surface area contributed by atoms with E-state index in [-0.39, 0.29) is 11.5 Å². The summed E-state index contributed by atoms with van der Waals surface area (Å²) in [5.74, 6) is 0.701. The molecule has 2 aromatic rings. The van der Waals surface area contributed by atoms with Crippen LogP contribution in [0, 0.1) is 10.1 Å². The first-order valence-electron chi connectivity index (χ1n) is 8.28. The molecular weight excluding hydrogens is 332 g/mol. The van der Waals surface area contributed by atoms with Crippen LogP contribution in [0.1, 0.15) is 27.9 Å². The Labute approximate surface area is 151 Å². The molecule has 134 valence electrons. The van der Waals surface area contributed by atoms with Gasteiger partial charge in [-0.05, 0) is 54.3 Å². The summed E-state index contributed by atoms with van der Waals surface area (Å²) >= 11 is 0. The monoisotopic (exact) mass is 352 g/mol. The van der Waals surface area contributed by atoms with E-state index in [1.165, 1.54) is 6.07 Å². The predicted molar refractivity (Wildman–Crippen MR) is 101 cm³/mol. The zero-order valence-corrected chi connectivity index (χ0v) is 15.0. The highest BCUT2D eigenvalue weighted by atomic mass is 16.6. The molecule has 2 aromatic carbocycles. The topological polar surface area (TPSA) is 72.7 Å². The molecule has 0 atom stereocenters. The Hall–Kier alpha value is -3.15. The molecule has 26 heavy (non-hydrogen) atoms. The van der Waals surface area contributed by atoms with Crippen molar-refractivity contribution in [1.82, 2.24) is 0 Å². The number of rotatable bonds is 4. The van der Waals surface area contributed by atoms with E-state index >= 15 is 0 Å². The summed E-state index contributed by atoms with van der Waals surface area (Å²) in [6.07, 6.45) is 3.09. The van der Waals surface area contributed by atoms with Crippen LogP contribution in [-0.4, -0.2) is 31.9 Å². The molecule has 0 bridgehead atoms. The van der Waals surface area contributed by atoms with Crippen molar-refractivity contribution < 1.29 is 14.5 Å². The lowest BCUT2D eigenvalue weighted by Gasteiger charge is -2.18. The van der Waals surface area contributed by atoms with Gasteiger partial charge in [0.05, 0.1) is 12.0 Å². The number of methoxy groups -OCH3 is 1. The number of Topliss-reactive ketones (excluding diaryl/α,β-unsaturated/α-hetero) is 1. The molecule has 0 amide bonds. The smallest absolute Gasteiger partial charge is 0.293 e. The molecule has 1 aliphatic rings. The molecular formula is C20H20N2O4. The van der Waals surface area contributed by atoms with E-state index in [4.69, 9.17) is 4.74 Å². The van der Waals surface area contributed by atoms with E-state index in [0.29, 0.717) is 28.8 Å². The van der Waals surface area contributed by atoms with Gasteiger partial charge in [-0.2, -0.15) is 0 Å². The number of hydrogen-bond donors (Lipinski definition) is 0. The summed E-state index contributed by atoms with van der Waals surface area (Å²) in [6, 6.07) is 10.5. The maximum absolute atomic E-state index is 12.8. The molecule has 0 saturated carbocycles. The maximum atomic E-state index is 12.8. The number of nitrogens with zero attached hydrogens (tertiary/aromatic N) is 2. The molecule has 0 aliphatic heterocycles. The third-order valence-corrected chi connectivity index (χ3v) is 4.53. The number of ketones is 1. The zero-order valence-electron chi connectivity index (χ0n) is 15.0. The highest BCUT2D eigenvalue weighted by molar-refractivity contribution is 6.13. The fraction of sp³-hybridized carbons (Fsp3) is 0.250. The number of carbonyl (C=O) groups is 1. The number of anilines is 1. The largest absolute Gasteiger partial charge is 0.497 e. The minimum Gasteiger partial charge on any atom is -0.497 e. The van der Waals surface area contributed by atoms with Crippen molar-refractivity contribution in [3.8, 4) is 5.75 Å². The van der Waals surface area contributed by atoms with E-state index in [2.05, 4.69) is 0 Å². The standard InChI is InChI=1S/C20H20N2O4/c1-21(2)18-9-4-13(11-19(18)22(24)25)10-15-6-5-14-12-16(26-3)7-8-17(14)20(15)23/h4,7-12H,5-6H2,1-3H3/b15-10-. The van der Waals surface area contributed by atoms with Gasteiger partial charge in [0, 0.05) is 31.3 Å². The Balaban J connectivity index is 1.97. The van der Waals surface area contributed by atoms with Crippen LogP contribution in [0.25, 0.3) is 6.08 Å². The van der Waals surface area contributed by atoms with Crippen molar-refractivity contribution in [2.24, 2.45) is 0 Å². The van der Waals surface area contributed by atoms with Crippen molar-refractivity contribution in [2.45, 2.75) is 12.8 Å². The van der Waals surface area contributed by atoms with Gasteiger partial charge in [-0.15, -0.1) is 0 Å². The molecule has 0 saturated heterocycles. The number of benzene rings is 2. The van der Waals surface area contributed by atoms with Crippen molar-refractivity contribution >= 4 is 23.2 Å². The summed E-state index contributed by atoms with van der Waals surface area (Å²) in [7, 11) is 5.12. The Morgan fingerprint density at radius 1 is 1.15 bits per heavy atom. The van der Waals surface area contributed by atoms with Gasteiger partial charge >= 0.3 is 0 Å². The number of nitro benzene ring substituents is 1. The molecule has 0 aromatic heterocycles. The van der Waals surface area contributed by atoms with Gasteiger partial charge in [0.25, 0.3) is 5.69 Å². The fourth-order valence-electron chi connectivity index (χ4n) is 3.17. The zero-order chi connectivity index (χ0) is 18.8. The molecule has 0 radical (unpaired) electrons. The third kappa shape index (κ3) is 3.31. The van der Waals surface area contributed by atoms with Gasteiger partial charge in [-0.25, -0.2) is 0 Å². The Morgan fingerprint density at radius 3 is 2.58 bits per heavy atom. The molecule has 6 heteroatoms. The number of allylic oxidation sites excluding steroid dienone is 1. The van der Waals surface area contributed by atoms with E-state index in [0.717, 1.165) is 17.7 Å². The van der Waals surface area contributed by atoms with Crippen LogP contribution in [0.5, 0.6) is 5.75 Å². The maximum Gasteiger partial charge on any atom is 0.293 e. The van der Waals surface area contributed by atoms with Crippen LogP contribution in [0.4, 0.5) is 11.4 Å². The number of hydrogen-bond acceptors (Lipinski definition) is 5. The molecule has 0 heterocycles. The Bertz CT molecular complexity index is 916. The third-order valence-electron chi connectivity index (χ3n) is 4.53. The van der Waals surface area contributed by atoms with Gasteiger partial charge in [0.2, 0.25) is 0 Å². The Morgan fingerprint density at radius 2 is 1.92 bits per heavy atom. The average molecular weight is 352 g/mol. The lowest BCUT2D eigenvalue weighted by molar-refractivity contribution is -0.384. The number of nitro groups is 1. The van der Waals surface area contributed by atoms with Crippen LogP contribution in [0.15, 0.2) is 42.0 Å². The van der Waals surface area contributed by atoms with Gasteiger partial charge in [-0.3, -0.25) is 14.9 Å². The van der Waals surface area contributed by atoms with Gasteiger partial charge in [0.15, 0.2) is 5.78 Å². The van der Waals surface area contributed by atoms with Crippen LogP contribution < -0.4 is 9.64 Å². The second-order valence-electron chi connectivity index (χ2n) is 6.42. The number of ether oxygens (including phenoxy) is 1. The van der Waals surface area contributed by atoms with Crippen LogP contribution in [0.2, 0.25) is 0 Å². The summed E-state index contributed by atoms with van der Waals surface area (Å²) < 4.78 is 5.21. The van der Waals surface area contributed by atoms with Gasteiger partial charge in [0.1, 0.15) is 11.4 Å². The first-order chi connectivity index (χ1) is 12.4. The number of aryl methyl sites for hydroxylation is 1. The summed E-state index contributed by atoms with van der Waals surface area (Å²) in [5, 5.41) is 11.3. The van der Waals surface area contributed by atoms with E-state index in [9.17, 15) is 14.9 Å². The van der Waals surface area contributed by atoms with E-state index in [1.54, 1.807) is 56.4 Å². The molecule has 0 unspecified atom stereocenters. The lowest BCUT2D eigenvalue weighted by atomic mass is 9.86. The quantitative estimate of drug-likeness (QED) is 0.474. The molecule has 0 spiro atoms. The van der Waals surface area contributed by atoms with E-state index in [1.807, 2.05) is 6.07 Å². The first kappa shape index (κ1) is 17.7. The molecule has 6 nitrogen and oxygen atoms in total. The summed E-state index contributed by atoms with van der Waals surface area (Å²) in [6.45, 7) is 0. The molecule has 0 N–H and O–H groups in total. The highest BCUT2D eigenvalue weighted by Gasteiger charge is 2.23. The Kier molecular flexibility index (Phi) is 4.75. The second-order valence-corrected chi connectivity index (χ2v) is 6.42. The highest BCUT2D eigenvalue weighted by Crippen LogP contribution is 2.32. The van der Waals surface area contributed by atoms with E-state index < -0.39 is 4.92 Å². The van der Waals surface area contributed by atoms with Crippen molar-refractivity contribution in [3.63, 3.8) is 0 Å². The predicted octanol–water partition coefficient (Wildman–Crippen LogP) is 3.88. The van der Waals surface area contributed by atoms with Crippen LogP contribution in [-0.2, 0) is 6.42 Å². The van der Waals surface area contributed by atoms with Crippen molar-refractivity contribution in [3.05, 3.63) is 68.8 Å². The lowest BCUT2D eigenvalue weighted by Crippen LogP contribution is -2.14. The normalized spacial score (nSPS) is 14.9. The number of carbonyl (C=O) groups excluding carboxylic acids is 1. The fourth-order valence-corrected chi connectivity index (χ4v) is 3.17.